The highest BCUT2D eigenvalue weighted by molar-refractivity contribution is 7.85. The molecule has 0 spiro atoms. The summed E-state index contributed by atoms with van der Waals surface area (Å²) in [5.41, 5.74) is 5.30. The SMILES string of the molecule is N[C@H]1C[C@@H]1CS(=O)(=O)O. The number of hydrogen-bond acceptors (Lipinski definition) is 3. The maximum absolute atomic E-state index is 10.1. The molecule has 0 aromatic rings. The third-order valence-electron chi connectivity index (χ3n) is 1.40. The molecule has 1 fully saturated rings. The van der Waals surface area contributed by atoms with Crippen molar-refractivity contribution in [3.63, 3.8) is 0 Å². The minimum absolute atomic E-state index is 0.000000000000000222. The Kier molecular flexibility index (Phi) is 1.50. The lowest BCUT2D eigenvalue weighted by Crippen LogP contribution is -2.11. The molecule has 9 heavy (non-hydrogen) atoms. The molecule has 54 valence electrons. The van der Waals surface area contributed by atoms with Crippen molar-refractivity contribution >= 4 is 10.1 Å². The molecule has 0 aromatic heterocycles. The fraction of sp³-hybridized carbons (Fsp3) is 1.00. The van der Waals surface area contributed by atoms with Crippen LogP contribution in [0, 0.1) is 5.92 Å². The second kappa shape index (κ2) is 1.93. The van der Waals surface area contributed by atoms with E-state index in [9.17, 15) is 8.42 Å². The zero-order valence-corrected chi connectivity index (χ0v) is 5.63. The van der Waals surface area contributed by atoms with Crippen LogP contribution in [0.4, 0.5) is 0 Å². The van der Waals surface area contributed by atoms with Crippen molar-refractivity contribution in [1.29, 1.82) is 0 Å². The Bertz CT molecular complexity index is 198. The van der Waals surface area contributed by atoms with Crippen LogP contribution in [-0.2, 0) is 10.1 Å². The van der Waals surface area contributed by atoms with Crippen molar-refractivity contribution in [1.82, 2.24) is 0 Å². The highest BCUT2D eigenvalue weighted by atomic mass is 32.2. The topological polar surface area (TPSA) is 80.4 Å². The van der Waals surface area contributed by atoms with Gasteiger partial charge in [-0.05, 0) is 12.3 Å². The quantitative estimate of drug-likeness (QED) is 0.507. The van der Waals surface area contributed by atoms with Crippen LogP contribution in [0.15, 0.2) is 0 Å². The van der Waals surface area contributed by atoms with Gasteiger partial charge in [0.1, 0.15) is 0 Å². The van der Waals surface area contributed by atoms with E-state index < -0.39 is 10.1 Å². The Morgan fingerprint density at radius 3 is 2.22 bits per heavy atom. The second-order valence-electron chi connectivity index (χ2n) is 2.41. The molecule has 3 N–H and O–H groups in total. The van der Waals surface area contributed by atoms with E-state index in [1.165, 1.54) is 0 Å². The molecule has 0 saturated heterocycles. The van der Waals surface area contributed by atoms with E-state index in [0.717, 1.165) is 6.42 Å². The fourth-order valence-electron chi connectivity index (χ4n) is 0.733. The molecule has 0 radical (unpaired) electrons. The molecule has 0 heterocycles. The van der Waals surface area contributed by atoms with Gasteiger partial charge in [0.15, 0.2) is 0 Å². The summed E-state index contributed by atoms with van der Waals surface area (Å²) >= 11 is 0. The molecular weight excluding hydrogens is 142 g/mol. The van der Waals surface area contributed by atoms with Gasteiger partial charge in [0.25, 0.3) is 10.1 Å². The maximum atomic E-state index is 10.1. The molecule has 0 bridgehead atoms. The predicted octanol–water partition coefficient (Wildman–Crippen LogP) is -0.779. The van der Waals surface area contributed by atoms with Crippen molar-refractivity contribution in [3.05, 3.63) is 0 Å². The molecular formula is C4H9NO3S. The number of rotatable bonds is 2. The van der Waals surface area contributed by atoms with Gasteiger partial charge in [-0.1, -0.05) is 0 Å². The van der Waals surface area contributed by atoms with Crippen LogP contribution in [0.25, 0.3) is 0 Å². The maximum Gasteiger partial charge on any atom is 0.265 e. The molecule has 0 aromatic carbocycles. The average Bonchev–Trinajstić information content (AvgIpc) is 2.13. The van der Waals surface area contributed by atoms with Gasteiger partial charge in [-0.15, -0.1) is 0 Å². The Morgan fingerprint density at radius 1 is 1.67 bits per heavy atom. The van der Waals surface area contributed by atoms with Crippen molar-refractivity contribution in [3.8, 4) is 0 Å². The van der Waals surface area contributed by atoms with Crippen LogP contribution < -0.4 is 5.73 Å². The van der Waals surface area contributed by atoms with Gasteiger partial charge in [-0.3, -0.25) is 4.55 Å². The Labute approximate surface area is 53.8 Å². The van der Waals surface area contributed by atoms with Crippen molar-refractivity contribution in [2.75, 3.05) is 5.75 Å². The molecule has 0 amide bonds. The zero-order valence-electron chi connectivity index (χ0n) is 4.82. The lowest BCUT2D eigenvalue weighted by atomic mass is 10.5. The number of nitrogens with two attached hydrogens (primary N) is 1. The van der Waals surface area contributed by atoms with E-state index in [1.54, 1.807) is 0 Å². The average molecular weight is 151 g/mol. The molecule has 1 saturated carbocycles. The summed E-state index contributed by atoms with van der Waals surface area (Å²) in [6.45, 7) is 0. The first kappa shape index (κ1) is 6.98. The molecule has 4 nitrogen and oxygen atoms in total. The minimum atomic E-state index is -3.77. The summed E-state index contributed by atoms with van der Waals surface area (Å²) in [4.78, 5) is 0. The Hall–Kier alpha value is -0.130. The van der Waals surface area contributed by atoms with E-state index in [0.29, 0.717) is 0 Å². The van der Waals surface area contributed by atoms with Crippen LogP contribution in [0.3, 0.4) is 0 Å². The van der Waals surface area contributed by atoms with Gasteiger partial charge < -0.3 is 5.73 Å². The smallest absolute Gasteiger partial charge is 0.265 e. The summed E-state index contributed by atoms with van der Waals surface area (Å²) in [7, 11) is -3.77. The number of hydrogen-bond donors (Lipinski definition) is 2. The minimum Gasteiger partial charge on any atom is -0.327 e. The highest BCUT2D eigenvalue weighted by Crippen LogP contribution is 2.28. The van der Waals surface area contributed by atoms with Gasteiger partial charge in [-0.2, -0.15) is 8.42 Å². The first-order chi connectivity index (χ1) is 3.99. The zero-order chi connectivity index (χ0) is 7.07. The van der Waals surface area contributed by atoms with E-state index in [1.807, 2.05) is 0 Å². The standard InChI is InChI=1S/C4H9NO3S/c5-4-1-3(4)2-9(6,7)8/h3-4H,1-2,5H2,(H,6,7,8)/t3-,4+/m1/s1. The third kappa shape index (κ3) is 2.30. The first-order valence-corrected chi connectivity index (χ1v) is 4.31. The van der Waals surface area contributed by atoms with E-state index >= 15 is 0 Å². The Morgan fingerprint density at radius 2 is 2.11 bits per heavy atom. The van der Waals surface area contributed by atoms with Crippen molar-refractivity contribution in [2.45, 2.75) is 12.5 Å². The second-order valence-corrected chi connectivity index (χ2v) is 3.91. The van der Waals surface area contributed by atoms with Crippen molar-refractivity contribution < 1.29 is 13.0 Å². The molecule has 2 atom stereocenters. The summed E-state index contributed by atoms with van der Waals surface area (Å²) in [6, 6.07) is -0.00748. The lowest BCUT2D eigenvalue weighted by molar-refractivity contribution is 0.479. The molecule has 1 aliphatic rings. The lowest BCUT2D eigenvalue weighted by Gasteiger charge is -1.90. The van der Waals surface area contributed by atoms with Crippen LogP contribution >= 0.6 is 0 Å². The molecule has 0 unspecified atom stereocenters. The molecule has 1 aliphatic carbocycles. The highest BCUT2D eigenvalue weighted by Gasteiger charge is 2.36. The first-order valence-electron chi connectivity index (χ1n) is 2.70. The monoisotopic (exact) mass is 151 g/mol. The van der Waals surface area contributed by atoms with Gasteiger partial charge in [0, 0.05) is 6.04 Å². The summed E-state index contributed by atoms with van der Waals surface area (Å²) in [6.07, 6.45) is 0.722. The van der Waals surface area contributed by atoms with Crippen molar-refractivity contribution in [2.24, 2.45) is 11.7 Å². The van der Waals surface area contributed by atoms with Crippen LogP contribution in [0.2, 0.25) is 0 Å². The fourth-order valence-corrected chi connectivity index (χ4v) is 1.66. The summed E-state index contributed by atoms with van der Waals surface area (Å²) in [5, 5.41) is 0. The van der Waals surface area contributed by atoms with Gasteiger partial charge >= 0.3 is 0 Å². The Balaban J connectivity index is 2.37. The summed E-state index contributed by atoms with van der Waals surface area (Å²) < 4.78 is 28.5. The van der Waals surface area contributed by atoms with E-state index in [-0.39, 0.29) is 17.7 Å². The third-order valence-corrected chi connectivity index (χ3v) is 2.25. The van der Waals surface area contributed by atoms with E-state index in [4.69, 9.17) is 10.3 Å². The summed E-state index contributed by atoms with van der Waals surface area (Å²) in [5.74, 6) is -0.172. The van der Waals surface area contributed by atoms with Crippen LogP contribution in [-0.4, -0.2) is 24.8 Å². The van der Waals surface area contributed by atoms with Gasteiger partial charge in [0.05, 0.1) is 5.75 Å². The van der Waals surface area contributed by atoms with Gasteiger partial charge in [-0.25, -0.2) is 0 Å². The largest absolute Gasteiger partial charge is 0.327 e. The van der Waals surface area contributed by atoms with Crippen LogP contribution in [0.5, 0.6) is 0 Å². The predicted molar refractivity (Wildman–Crippen MR) is 32.5 cm³/mol. The molecule has 0 aliphatic heterocycles. The molecule has 5 heteroatoms. The van der Waals surface area contributed by atoms with Crippen LogP contribution in [0.1, 0.15) is 6.42 Å². The molecule has 1 rings (SSSR count). The van der Waals surface area contributed by atoms with E-state index in [2.05, 4.69) is 0 Å². The van der Waals surface area contributed by atoms with Gasteiger partial charge in [0.2, 0.25) is 0 Å². The normalized spacial score (nSPS) is 34.4.